The Hall–Kier alpha value is -1.82. The SMILES string of the molecule is CN(C)c1cncc2sc3c(c12)NCN(C1CCCCC1)C3=O. The number of anilines is 2. The molecule has 0 atom stereocenters. The van der Waals surface area contributed by atoms with Crippen LogP contribution in [0.15, 0.2) is 12.4 Å². The van der Waals surface area contributed by atoms with Gasteiger partial charge in [-0.15, -0.1) is 11.3 Å². The molecule has 6 heteroatoms. The largest absolute Gasteiger partial charge is 0.376 e. The summed E-state index contributed by atoms with van der Waals surface area (Å²) in [5.74, 6) is 0.191. The number of aromatic nitrogens is 1. The number of pyridine rings is 1. The van der Waals surface area contributed by atoms with Gasteiger partial charge < -0.3 is 15.1 Å². The van der Waals surface area contributed by atoms with Gasteiger partial charge in [0, 0.05) is 31.7 Å². The summed E-state index contributed by atoms with van der Waals surface area (Å²) in [5, 5.41) is 4.65. The van der Waals surface area contributed by atoms with Gasteiger partial charge in [0.2, 0.25) is 0 Å². The van der Waals surface area contributed by atoms with E-state index >= 15 is 0 Å². The second kappa shape index (κ2) is 5.67. The Balaban J connectivity index is 1.76. The monoisotopic (exact) mass is 330 g/mol. The number of amides is 1. The van der Waals surface area contributed by atoms with Crippen molar-refractivity contribution in [2.75, 3.05) is 31.0 Å². The second-order valence-electron chi connectivity index (χ2n) is 6.63. The molecule has 0 spiro atoms. The minimum Gasteiger partial charge on any atom is -0.376 e. The Kier molecular flexibility index (Phi) is 3.64. The lowest BCUT2D eigenvalue weighted by molar-refractivity contribution is 0.0647. The van der Waals surface area contributed by atoms with Gasteiger partial charge in [-0.25, -0.2) is 0 Å². The van der Waals surface area contributed by atoms with E-state index in [1.54, 1.807) is 11.3 Å². The summed E-state index contributed by atoms with van der Waals surface area (Å²) in [6.45, 7) is 0.623. The van der Waals surface area contributed by atoms with E-state index in [1.165, 1.54) is 19.3 Å². The fourth-order valence-electron chi connectivity index (χ4n) is 3.75. The van der Waals surface area contributed by atoms with Crippen LogP contribution in [0.3, 0.4) is 0 Å². The number of hydrogen-bond donors (Lipinski definition) is 1. The molecule has 0 aromatic carbocycles. The molecule has 2 aliphatic rings. The summed E-state index contributed by atoms with van der Waals surface area (Å²) in [5.41, 5.74) is 2.06. The molecule has 1 aliphatic heterocycles. The zero-order valence-corrected chi connectivity index (χ0v) is 14.4. The predicted octanol–water partition coefficient (Wildman–Crippen LogP) is 3.52. The smallest absolute Gasteiger partial charge is 0.267 e. The maximum absolute atomic E-state index is 13.0. The third kappa shape index (κ3) is 2.36. The van der Waals surface area contributed by atoms with Gasteiger partial charge >= 0.3 is 0 Å². The van der Waals surface area contributed by atoms with Gasteiger partial charge in [-0.1, -0.05) is 19.3 Å². The maximum Gasteiger partial charge on any atom is 0.267 e. The number of thiophene rings is 1. The minimum absolute atomic E-state index is 0.191. The van der Waals surface area contributed by atoms with E-state index < -0.39 is 0 Å². The molecule has 0 saturated heterocycles. The summed E-state index contributed by atoms with van der Waals surface area (Å²) in [6.07, 6.45) is 9.79. The highest BCUT2D eigenvalue weighted by atomic mass is 32.1. The van der Waals surface area contributed by atoms with Gasteiger partial charge in [-0.05, 0) is 12.8 Å². The highest BCUT2D eigenvalue weighted by Crippen LogP contribution is 2.43. The Labute approximate surface area is 140 Å². The van der Waals surface area contributed by atoms with Crippen molar-refractivity contribution >= 4 is 38.7 Å². The van der Waals surface area contributed by atoms with Crippen LogP contribution in [0, 0.1) is 0 Å². The summed E-state index contributed by atoms with van der Waals surface area (Å²) < 4.78 is 1.08. The Morgan fingerprint density at radius 2 is 2.04 bits per heavy atom. The van der Waals surface area contributed by atoms with Crippen LogP contribution in [-0.4, -0.2) is 42.6 Å². The predicted molar refractivity (Wildman–Crippen MR) is 95.5 cm³/mol. The molecule has 0 bridgehead atoms. The number of rotatable bonds is 2. The van der Waals surface area contributed by atoms with Crippen molar-refractivity contribution in [3.05, 3.63) is 17.3 Å². The molecule has 122 valence electrons. The van der Waals surface area contributed by atoms with Crippen LogP contribution in [0.1, 0.15) is 41.8 Å². The fourth-order valence-corrected chi connectivity index (χ4v) is 4.87. The highest BCUT2D eigenvalue weighted by Gasteiger charge is 2.33. The minimum atomic E-state index is 0.191. The summed E-state index contributed by atoms with van der Waals surface area (Å²) in [4.78, 5) is 22.3. The molecule has 1 saturated carbocycles. The molecule has 3 heterocycles. The first-order valence-corrected chi connectivity index (χ1v) is 9.11. The molecule has 23 heavy (non-hydrogen) atoms. The van der Waals surface area contributed by atoms with Crippen molar-refractivity contribution in [1.82, 2.24) is 9.88 Å². The molecule has 2 aromatic heterocycles. The quantitative estimate of drug-likeness (QED) is 0.915. The zero-order valence-electron chi connectivity index (χ0n) is 13.6. The van der Waals surface area contributed by atoms with Crippen LogP contribution < -0.4 is 10.2 Å². The Morgan fingerprint density at radius 1 is 1.26 bits per heavy atom. The van der Waals surface area contributed by atoms with Gasteiger partial charge in [0.1, 0.15) is 4.88 Å². The Morgan fingerprint density at radius 3 is 2.78 bits per heavy atom. The summed E-state index contributed by atoms with van der Waals surface area (Å²) in [7, 11) is 4.03. The molecule has 0 unspecified atom stereocenters. The molecule has 0 radical (unpaired) electrons. The van der Waals surface area contributed by atoms with E-state index in [9.17, 15) is 4.79 Å². The van der Waals surface area contributed by atoms with E-state index in [4.69, 9.17) is 0 Å². The van der Waals surface area contributed by atoms with Gasteiger partial charge in [0.15, 0.2) is 0 Å². The van der Waals surface area contributed by atoms with Gasteiger partial charge in [-0.3, -0.25) is 9.78 Å². The van der Waals surface area contributed by atoms with Gasteiger partial charge in [-0.2, -0.15) is 0 Å². The van der Waals surface area contributed by atoms with E-state index in [2.05, 4.69) is 15.2 Å². The van der Waals surface area contributed by atoms with E-state index in [-0.39, 0.29) is 5.91 Å². The van der Waals surface area contributed by atoms with Crippen molar-refractivity contribution in [3.63, 3.8) is 0 Å². The molecule has 1 aliphatic carbocycles. The summed E-state index contributed by atoms with van der Waals surface area (Å²) >= 11 is 1.56. The number of carbonyl (C=O) groups excluding carboxylic acids is 1. The third-order valence-electron chi connectivity index (χ3n) is 4.96. The van der Waals surface area contributed by atoms with Crippen molar-refractivity contribution in [1.29, 1.82) is 0 Å². The lowest BCUT2D eigenvalue weighted by Gasteiger charge is -2.37. The lowest BCUT2D eigenvalue weighted by Crippen LogP contribution is -2.46. The van der Waals surface area contributed by atoms with Gasteiger partial charge in [0.25, 0.3) is 5.91 Å². The number of fused-ring (bicyclic) bond motifs is 3. The number of nitrogens with zero attached hydrogens (tertiary/aromatic N) is 3. The normalized spacial score (nSPS) is 18.9. The zero-order chi connectivity index (χ0) is 16.0. The first-order chi connectivity index (χ1) is 11.2. The third-order valence-corrected chi connectivity index (χ3v) is 6.07. The number of carbonyl (C=O) groups is 1. The molecule has 1 fully saturated rings. The fraction of sp³-hybridized carbons (Fsp3) is 0.529. The maximum atomic E-state index is 13.0. The van der Waals surface area contributed by atoms with Crippen LogP contribution in [-0.2, 0) is 0 Å². The molecule has 5 nitrogen and oxygen atoms in total. The Bertz CT molecular complexity index is 748. The van der Waals surface area contributed by atoms with Gasteiger partial charge in [0.05, 0.1) is 28.9 Å². The summed E-state index contributed by atoms with van der Waals surface area (Å²) in [6, 6.07) is 0.397. The van der Waals surface area contributed by atoms with Crippen LogP contribution in [0.25, 0.3) is 10.1 Å². The van der Waals surface area contributed by atoms with Crippen LogP contribution >= 0.6 is 11.3 Å². The topological polar surface area (TPSA) is 48.5 Å². The van der Waals surface area contributed by atoms with Crippen molar-refractivity contribution in [2.45, 2.75) is 38.1 Å². The number of nitrogens with one attached hydrogen (secondary N) is 1. The average molecular weight is 330 g/mol. The first kappa shape index (κ1) is 14.8. The van der Waals surface area contributed by atoms with E-state index in [1.807, 2.05) is 31.4 Å². The molecule has 1 amide bonds. The van der Waals surface area contributed by atoms with Crippen molar-refractivity contribution < 1.29 is 4.79 Å². The molecule has 4 rings (SSSR count). The average Bonchev–Trinajstić information content (AvgIpc) is 2.95. The molecule has 1 N–H and O–H groups in total. The van der Waals surface area contributed by atoms with E-state index in [0.29, 0.717) is 12.7 Å². The lowest BCUT2D eigenvalue weighted by atomic mass is 9.94. The molecule has 2 aromatic rings. The standard InChI is InChI=1S/C17H22N4OS/c1-20(2)12-8-18-9-13-14(12)15-16(23-13)17(22)21(10-19-15)11-6-4-3-5-7-11/h8-9,11,19H,3-7,10H2,1-2H3. The highest BCUT2D eigenvalue weighted by molar-refractivity contribution is 7.21. The van der Waals surface area contributed by atoms with Crippen LogP contribution in [0.4, 0.5) is 11.4 Å². The van der Waals surface area contributed by atoms with E-state index in [0.717, 1.165) is 39.2 Å². The molecular formula is C17H22N4OS. The van der Waals surface area contributed by atoms with Crippen LogP contribution in [0.5, 0.6) is 0 Å². The van der Waals surface area contributed by atoms with Crippen LogP contribution in [0.2, 0.25) is 0 Å². The number of hydrogen-bond acceptors (Lipinski definition) is 5. The molecular weight excluding hydrogens is 308 g/mol. The van der Waals surface area contributed by atoms with Crippen molar-refractivity contribution in [3.8, 4) is 0 Å². The first-order valence-electron chi connectivity index (χ1n) is 8.29. The second-order valence-corrected chi connectivity index (χ2v) is 7.69. The van der Waals surface area contributed by atoms with Crippen molar-refractivity contribution in [2.24, 2.45) is 0 Å².